The zero-order valence-corrected chi connectivity index (χ0v) is 20.3. The van der Waals surface area contributed by atoms with Gasteiger partial charge in [0.25, 0.3) is 0 Å². The molecule has 7 heteroatoms. The van der Waals surface area contributed by atoms with Crippen molar-refractivity contribution >= 4 is 22.5 Å². The Bertz CT molecular complexity index is 1320. The number of benzene rings is 3. The highest BCUT2D eigenvalue weighted by atomic mass is 16.5. The number of ether oxygens (including phenoxy) is 1. The fourth-order valence-electron chi connectivity index (χ4n) is 4.82. The highest BCUT2D eigenvalue weighted by Gasteiger charge is 2.30. The standard InChI is InChI=1S/C29H30N4O3/c1-36-24-12-10-23(11-13-24)31-29(35)28(21-6-3-2-4-7-21)33-18-16-32(17-19-33)20-22-9-14-26(34)27-25(22)8-5-15-30-27/h2-15,28,34H,16-20H2,1H3,(H,31,35). The number of methoxy groups -OCH3 is 1. The molecule has 0 saturated carbocycles. The molecule has 0 bridgehead atoms. The van der Waals surface area contributed by atoms with Crippen LogP contribution in [0.4, 0.5) is 5.69 Å². The first-order valence-electron chi connectivity index (χ1n) is 12.1. The van der Waals surface area contributed by atoms with Crippen molar-refractivity contribution < 1.29 is 14.6 Å². The lowest BCUT2D eigenvalue weighted by atomic mass is 10.0. The minimum atomic E-state index is -0.380. The summed E-state index contributed by atoms with van der Waals surface area (Å²) in [5.74, 6) is 0.907. The normalized spacial score (nSPS) is 15.5. The van der Waals surface area contributed by atoms with E-state index < -0.39 is 0 Å². The van der Waals surface area contributed by atoms with Gasteiger partial charge in [-0.05, 0) is 47.5 Å². The van der Waals surface area contributed by atoms with Gasteiger partial charge in [-0.3, -0.25) is 19.6 Å². The minimum absolute atomic E-state index is 0.0459. The van der Waals surface area contributed by atoms with Gasteiger partial charge in [0.2, 0.25) is 5.91 Å². The van der Waals surface area contributed by atoms with Crippen molar-refractivity contribution in [3.63, 3.8) is 0 Å². The molecule has 1 aliphatic heterocycles. The van der Waals surface area contributed by atoms with Gasteiger partial charge in [0, 0.05) is 50.0 Å². The number of hydrogen-bond donors (Lipinski definition) is 2. The van der Waals surface area contributed by atoms with Crippen LogP contribution in [0.15, 0.2) is 85.1 Å². The van der Waals surface area contributed by atoms with Crippen molar-refractivity contribution in [2.75, 3.05) is 38.6 Å². The summed E-state index contributed by atoms with van der Waals surface area (Å²) >= 11 is 0. The smallest absolute Gasteiger partial charge is 0.246 e. The van der Waals surface area contributed by atoms with Gasteiger partial charge in [-0.15, -0.1) is 0 Å². The second kappa shape index (κ2) is 10.8. The first-order valence-corrected chi connectivity index (χ1v) is 12.1. The average molecular weight is 483 g/mol. The zero-order chi connectivity index (χ0) is 24.9. The van der Waals surface area contributed by atoms with Crippen LogP contribution in [0.3, 0.4) is 0 Å². The van der Waals surface area contributed by atoms with Gasteiger partial charge in [0.15, 0.2) is 0 Å². The number of phenolic OH excluding ortho intramolecular Hbond substituents is 1. The highest BCUT2D eigenvalue weighted by molar-refractivity contribution is 5.95. The predicted molar refractivity (Wildman–Crippen MR) is 141 cm³/mol. The number of piperazine rings is 1. The maximum absolute atomic E-state index is 13.5. The molecule has 5 rings (SSSR count). The van der Waals surface area contributed by atoms with Crippen LogP contribution in [0.1, 0.15) is 17.2 Å². The molecule has 1 aliphatic rings. The van der Waals surface area contributed by atoms with Crippen molar-refractivity contribution in [1.29, 1.82) is 0 Å². The Morgan fingerprint density at radius 2 is 1.72 bits per heavy atom. The third kappa shape index (κ3) is 5.17. The Hall–Kier alpha value is -3.94. The van der Waals surface area contributed by atoms with Crippen LogP contribution in [0, 0.1) is 0 Å². The molecule has 0 radical (unpaired) electrons. The molecule has 2 heterocycles. The number of nitrogens with one attached hydrogen (secondary N) is 1. The number of fused-ring (bicyclic) bond motifs is 1. The molecule has 2 N–H and O–H groups in total. The number of carbonyl (C=O) groups is 1. The molecule has 7 nitrogen and oxygen atoms in total. The van der Waals surface area contributed by atoms with E-state index in [1.54, 1.807) is 19.4 Å². The first-order chi connectivity index (χ1) is 17.6. The molecule has 1 aromatic heterocycles. The number of amides is 1. The number of aromatic nitrogens is 1. The van der Waals surface area contributed by atoms with E-state index in [4.69, 9.17) is 4.74 Å². The monoisotopic (exact) mass is 482 g/mol. The summed E-state index contributed by atoms with van der Waals surface area (Å²) in [7, 11) is 1.62. The second-order valence-electron chi connectivity index (χ2n) is 8.99. The first kappa shape index (κ1) is 23.8. The number of nitrogens with zero attached hydrogens (tertiary/aromatic N) is 3. The van der Waals surface area contributed by atoms with Gasteiger partial charge < -0.3 is 15.2 Å². The molecule has 3 aromatic carbocycles. The van der Waals surface area contributed by atoms with Crippen molar-refractivity contribution in [1.82, 2.24) is 14.8 Å². The van der Waals surface area contributed by atoms with Gasteiger partial charge in [0.05, 0.1) is 7.11 Å². The van der Waals surface area contributed by atoms with E-state index in [1.807, 2.05) is 72.8 Å². The molecule has 0 aliphatic carbocycles. The van der Waals surface area contributed by atoms with Crippen molar-refractivity contribution in [3.8, 4) is 11.5 Å². The molecule has 1 amide bonds. The summed E-state index contributed by atoms with van der Waals surface area (Å²) in [6, 6.07) is 24.6. The summed E-state index contributed by atoms with van der Waals surface area (Å²) in [5, 5.41) is 14.2. The predicted octanol–water partition coefficient (Wildman–Crippen LogP) is 4.45. The van der Waals surface area contributed by atoms with Crippen LogP contribution in [-0.4, -0.2) is 59.1 Å². The van der Waals surface area contributed by atoms with E-state index in [0.29, 0.717) is 5.52 Å². The van der Waals surface area contributed by atoms with E-state index in [1.165, 1.54) is 0 Å². The third-order valence-corrected chi connectivity index (χ3v) is 6.73. The minimum Gasteiger partial charge on any atom is -0.506 e. The summed E-state index contributed by atoms with van der Waals surface area (Å²) in [4.78, 5) is 22.5. The zero-order valence-electron chi connectivity index (χ0n) is 20.3. The van der Waals surface area contributed by atoms with Crippen LogP contribution in [0.25, 0.3) is 10.9 Å². The number of phenols is 1. The molecule has 0 spiro atoms. The Balaban J connectivity index is 1.29. The number of carbonyl (C=O) groups excluding carboxylic acids is 1. The molecule has 1 atom stereocenters. The second-order valence-corrected chi connectivity index (χ2v) is 8.99. The number of pyridine rings is 1. The Morgan fingerprint density at radius 1 is 0.972 bits per heavy atom. The largest absolute Gasteiger partial charge is 0.506 e. The van der Waals surface area contributed by atoms with Crippen LogP contribution in [0.2, 0.25) is 0 Å². The van der Waals surface area contributed by atoms with Crippen molar-refractivity contribution in [2.24, 2.45) is 0 Å². The van der Waals surface area contributed by atoms with Gasteiger partial charge in [-0.2, -0.15) is 0 Å². The van der Waals surface area contributed by atoms with E-state index in [-0.39, 0.29) is 17.7 Å². The number of anilines is 1. The van der Waals surface area contributed by atoms with Gasteiger partial charge in [0.1, 0.15) is 23.1 Å². The molecule has 1 saturated heterocycles. The Kier molecular flexibility index (Phi) is 7.11. The van der Waals surface area contributed by atoms with Gasteiger partial charge >= 0.3 is 0 Å². The molecule has 4 aromatic rings. The van der Waals surface area contributed by atoms with E-state index in [9.17, 15) is 9.90 Å². The maximum Gasteiger partial charge on any atom is 0.246 e. The number of aromatic hydroxyl groups is 1. The summed E-state index contributed by atoms with van der Waals surface area (Å²) in [6.45, 7) is 3.97. The van der Waals surface area contributed by atoms with Crippen LogP contribution in [-0.2, 0) is 11.3 Å². The summed E-state index contributed by atoms with van der Waals surface area (Å²) in [6.07, 6.45) is 1.70. The lowest BCUT2D eigenvalue weighted by molar-refractivity contribution is -0.122. The fraction of sp³-hybridized carbons (Fsp3) is 0.241. The summed E-state index contributed by atoms with van der Waals surface area (Å²) in [5.41, 5.74) is 3.50. The number of rotatable bonds is 7. The molecule has 1 unspecified atom stereocenters. The van der Waals surface area contributed by atoms with Crippen LogP contribution < -0.4 is 10.1 Å². The number of hydrogen-bond acceptors (Lipinski definition) is 6. The topological polar surface area (TPSA) is 77.9 Å². The van der Waals surface area contributed by atoms with Crippen LogP contribution in [0.5, 0.6) is 11.5 Å². The van der Waals surface area contributed by atoms with Crippen LogP contribution >= 0.6 is 0 Å². The molecule has 1 fully saturated rings. The van der Waals surface area contributed by atoms with E-state index >= 15 is 0 Å². The van der Waals surface area contributed by atoms with Crippen molar-refractivity contribution in [2.45, 2.75) is 12.6 Å². The molecular weight excluding hydrogens is 452 g/mol. The fourth-order valence-corrected chi connectivity index (χ4v) is 4.82. The molecule has 184 valence electrons. The van der Waals surface area contributed by atoms with Gasteiger partial charge in [-0.25, -0.2) is 0 Å². The van der Waals surface area contributed by atoms with Crippen molar-refractivity contribution in [3.05, 3.63) is 96.2 Å². The lowest BCUT2D eigenvalue weighted by Crippen LogP contribution is -2.49. The summed E-state index contributed by atoms with van der Waals surface area (Å²) < 4.78 is 5.23. The Morgan fingerprint density at radius 3 is 2.44 bits per heavy atom. The molecule has 36 heavy (non-hydrogen) atoms. The average Bonchev–Trinajstić information content (AvgIpc) is 2.92. The quantitative estimate of drug-likeness (QED) is 0.405. The lowest BCUT2D eigenvalue weighted by Gasteiger charge is -2.39. The third-order valence-electron chi connectivity index (χ3n) is 6.73. The highest BCUT2D eigenvalue weighted by Crippen LogP contribution is 2.28. The van der Waals surface area contributed by atoms with E-state index in [0.717, 1.165) is 60.7 Å². The Labute approximate surface area is 210 Å². The maximum atomic E-state index is 13.5. The van der Waals surface area contributed by atoms with Gasteiger partial charge in [-0.1, -0.05) is 42.5 Å². The van der Waals surface area contributed by atoms with E-state index in [2.05, 4.69) is 20.1 Å². The molecular formula is C29H30N4O3. The SMILES string of the molecule is COc1ccc(NC(=O)C(c2ccccc2)N2CCN(Cc3ccc(O)c4ncccc34)CC2)cc1.